The first kappa shape index (κ1) is 99.5. The molecule has 1 aliphatic heterocycles. The lowest BCUT2D eigenvalue weighted by Crippen LogP contribution is -2.19. The van der Waals surface area contributed by atoms with Gasteiger partial charge >= 0.3 is 23.9 Å². The third-order valence-corrected chi connectivity index (χ3v) is 22.3. The maximum atomic E-state index is 12.9. The fourth-order valence-electron chi connectivity index (χ4n) is 13.5. The number of H-pyrrole nitrogens is 1. The van der Waals surface area contributed by atoms with E-state index >= 15 is 0 Å². The van der Waals surface area contributed by atoms with E-state index in [2.05, 4.69) is 26.3 Å². The summed E-state index contributed by atoms with van der Waals surface area (Å²) >= 11 is 49.8. The van der Waals surface area contributed by atoms with Gasteiger partial charge in [-0.25, -0.2) is 24.4 Å². The molecule has 0 saturated heterocycles. The van der Waals surface area contributed by atoms with Crippen LogP contribution in [-0.4, -0.2) is 184 Å². The monoisotopic (exact) mass is 1940 g/mol. The van der Waals surface area contributed by atoms with Crippen LogP contribution in [0, 0.1) is 0 Å². The molecule has 37 heteroatoms. The van der Waals surface area contributed by atoms with Crippen molar-refractivity contribution in [1.82, 2.24) is 48.2 Å². The number of carbonyl (C=O) groups excluding carboxylic acids is 6. The highest BCUT2D eigenvalue weighted by Gasteiger charge is 2.28. The van der Waals surface area contributed by atoms with Crippen molar-refractivity contribution in [2.24, 2.45) is 0 Å². The second-order valence-electron chi connectivity index (χ2n) is 27.3. The zero-order chi connectivity index (χ0) is 94.2. The zero-order valence-corrected chi connectivity index (χ0v) is 78.8. The Hall–Kier alpha value is -12.7. The van der Waals surface area contributed by atoms with Crippen molar-refractivity contribution >= 4 is 228 Å². The number of nitrogens with zero attached hydrogens (tertiary/aromatic N) is 9. The van der Waals surface area contributed by atoms with Crippen LogP contribution in [0.3, 0.4) is 0 Å². The van der Waals surface area contributed by atoms with Crippen molar-refractivity contribution in [3.05, 3.63) is 293 Å². The second kappa shape index (κ2) is 47.1. The number of fused-ring (bicyclic) bond motifs is 8. The number of carbonyl (C=O) groups is 7. The standard InChI is InChI=1S/C17H16ClN3O3S.C17H19ClN2O4.C14H14ClNO4.C10H8ClNO3.C10H8ClNO2.C9H8ClNO.C8H8ClN.C8H6ClN/c1-4-24-16(22)11-8-19-17(25-3)20-14(11)12-9-21(23-2)15-10(12)6-5-7-13(15)18;1-5-24-17(22)13(9-19(2)3)16(21)12-10-20(23-4)15-11(12)7-6-8-14(15)18;1-3-20-13(18)7-12(17)10-8-16(19-2)14-9(10)5-4-6-11(14)15;1-15-12-5-7(10(13)14)6-3-2-4-8(11)9(6)12;1-14-12-5-7(6-13)8-3-2-4-9(11)10(8)12;1-12-11-6-5-7-3-2-4-8(10)9(7)11;2*9-7-3-1-2-6-4-5-10-8(6)7/h5-9H,4H2,1-3H3;6-10H,5H2,1-4H3;4-6,8H,3,7H2,1-2H3;2-5H,1H3,(H,13,14);2-6H,1H3;2-6H,1H3;1-3,10H,4-5H2;1-5,10H. The molecule has 16 aromatic rings. The number of anilines is 1. The number of aromatic amines is 1. The summed E-state index contributed by atoms with van der Waals surface area (Å²) in [5, 5.41) is 23.3. The molecule has 28 nitrogen and oxygen atoms in total. The lowest BCUT2D eigenvalue weighted by molar-refractivity contribution is -0.142. The first-order valence-corrected chi connectivity index (χ1v) is 43.6. The number of thioether (sulfide) groups is 1. The number of hydrogen-bond acceptors (Lipinski definition) is 21. The highest BCUT2D eigenvalue weighted by Crippen LogP contribution is 2.38. The van der Waals surface area contributed by atoms with Crippen LogP contribution in [0.1, 0.15) is 84.5 Å². The van der Waals surface area contributed by atoms with Gasteiger partial charge in [0.25, 0.3) is 0 Å². The van der Waals surface area contributed by atoms with Gasteiger partial charge in [0.2, 0.25) is 5.78 Å². The van der Waals surface area contributed by atoms with Crippen molar-refractivity contribution in [2.75, 3.05) is 94.7 Å². The molecular weight excluding hydrogens is 1860 g/mol. The smallest absolute Gasteiger partial charge is 0.343 e. The van der Waals surface area contributed by atoms with Crippen molar-refractivity contribution in [2.45, 2.75) is 38.8 Å². The van der Waals surface area contributed by atoms with Crippen LogP contribution in [0.4, 0.5) is 5.69 Å². The maximum Gasteiger partial charge on any atom is 0.343 e. The number of ether oxygens (including phenoxy) is 3. The largest absolute Gasteiger partial charge is 0.478 e. The maximum absolute atomic E-state index is 12.9. The number of carboxylic acids is 1. The molecular formula is C93H87Cl8N11O17S. The van der Waals surface area contributed by atoms with Gasteiger partial charge in [-0.05, 0) is 99.7 Å². The minimum Gasteiger partial charge on any atom is -0.478 e. The van der Waals surface area contributed by atoms with Gasteiger partial charge in [0.1, 0.15) is 93.3 Å². The molecule has 0 spiro atoms. The number of para-hydroxylation sites is 8. The number of carboxylic acid groups (broad SMARTS) is 1. The van der Waals surface area contributed by atoms with E-state index in [4.69, 9.17) is 141 Å². The predicted molar refractivity (Wildman–Crippen MR) is 513 cm³/mol. The molecule has 130 heavy (non-hydrogen) atoms. The third-order valence-electron chi connectivity index (χ3n) is 19.2. The summed E-state index contributed by atoms with van der Waals surface area (Å²) in [6, 6.07) is 48.0. The van der Waals surface area contributed by atoms with E-state index in [1.54, 1.807) is 149 Å². The van der Waals surface area contributed by atoms with Gasteiger partial charge in [0, 0.05) is 99.8 Å². The summed E-state index contributed by atoms with van der Waals surface area (Å²) in [4.78, 5) is 127. The number of halogens is 8. The summed E-state index contributed by atoms with van der Waals surface area (Å²) in [7, 11) is 12.5. The van der Waals surface area contributed by atoms with E-state index in [1.807, 2.05) is 97.5 Å². The minimum atomic E-state index is -1.00. The SMILES string of the molecule is CCOC(=O)C(=CN(C)C)C(=O)c1cn(OC)c2c(Cl)cccc12.CCOC(=O)CC(=O)c1cn(OC)c2c(Cl)cccc12.CCOC(=O)c1cnc(SC)nc1-c1cn(OC)c2c(Cl)cccc12.COn1cc(C(=O)O)c2cccc(Cl)c21.COn1cc(C=O)c2cccc(Cl)c21.COn1ccc2cccc(Cl)c21.Clc1cccc2c1NCC2.Clc1cccc2cc[nH]c12. The Morgan fingerprint density at radius 2 is 0.946 bits per heavy atom. The highest BCUT2D eigenvalue weighted by molar-refractivity contribution is 7.98. The Labute approximate surface area is 790 Å². The van der Waals surface area contributed by atoms with Gasteiger partial charge in [-0.1, -0.05) is 202 Å². The summed E-state index contributed by atoms with van der Waals surface area (Å²) in [6.45, 7) is 6.87. The van der Waals surface area contributed by atoms with E-state index in [0.29, 0.717) is 101 Å². The molecule has 0 atom stereocenters. The van der Waals surface area contributed by atoms with Gasteiger partial charge < -0.3 is 63.5 Å². The number of benzene rings is 8. The Kier molecular flexibility index (Phi) is 36.0. The van der Waals surface area contributed by atoms with Crippen LogP contribution in [0.2, 0.25) is 40.2 Å². The van der Waals surface area contributed by atoms with Crippen LogP contribution >= 0.6 is 105 Å². The van der Waals surface area contributed by atoms with E-state index in [-0.39, 0.29) is 43.2 Å². The van der Waals surface area contributed by atoms with Gasteiger partial charge in [-0.15, -0.1) is 0 Å². The van der Waals surface area contributed by atoms with Gasteiger partial charge in [0.05, 0.1) is 119 Å². The van der Waals surface area contributed by atoms with Gasteiger partial charge in [-0.2, -0.15) is 28.4 Å². The molecule has 8 aromatic heterocycles. The van der Waals surface area contributed by atoms with E-state index in [9.17, 15) is 33.6 Å². The Balaban J connectivity index is 0.000000157. The number of Topliss-reactive ketones (excluding diaryl/α,β-unsaturated/α-hetero) is 2. The van der Waals surface area contributed by atoms with Crippen molar-refractivity contribution in [3.63, 3.8) is 0 Å². The molecule has 0 radical (unpaired) electrons. The van der Waals surface area contributed by atoms with Crippen LogP contribution < -0.4 is 34.3 Å². The van der Waals surface area contributed by atoms with Crippen LogP contribution in [0.5, 0.6) is 0 Å². The Bertz CT molecular complexity index is 6810. The van der Waals surface area contributed by atoms with Gasteiger partial charge in [0.15, 0.2) is 17.2 Å². The molecule has 1 aliphatic rings. The molecule has 0 aliphatic carbocycles. The first-order valence-electron chi connectivity index (χ1n) is 39.4. The first-order chi connectivity index (χ1) is 62.6. The molecule has 0 bridgehead atoms. The number of esters is 3. The van der Waals surface area contributed by atoms with Gasteiger partial charge in [-0.3, -0.25) is 19.2 Å². The average Bonchev–Trinajstić information content (AvgIpc) is 1.60. The number of rotatable bonds is 21. The molecule has 17 rings (SSSR count). The topological polar surface area (TPSA) is 309 Å². The summed E-state index contributed by atoms with van der Waals surface area (Å²) in [6.07, 6.45) is 17.9. The van der Waals surface area contributed by atoms with E-state index < -0.39 is 29.7 Å². The molecule has 8 aromatic carbocycles. The molecule has 9 heterocycles. The molecule has 0 saturated carbocycles. The third kappa shape index (κ3) is 23.3. The summed E-state index contributed by atoms with van der Waals surface area (Å²) in [5.74, 6) is -3.46. The number of aromatic nitrogens is 9. The number of nitrogens with one attached hydrogen (secondary N) is 2. The molecule has 0 amide bonds. The van der Waals surface area contributed by atoms with Crippen LogP contribution in [0.25, 0.3) is 87.6 Å². The van der Waals surface area contributed by atoms with Crippen LogP contribution in [-0.2, 0) is 30.2 Å². The lowest BCUT2D eigenvalue weighted by atomic mass is 10.0. The molecule has 0 fully saturated rings. The average molecular weight is 1950 g/mol. The fraction of sp³-hybridized carbons (Fsp3) is 0.194. The summed E-state index contributed by atoms with van der Waals surface area (Å²) < 4.78 is 23.8. The number of aldehydes is 1. The van der Waals surface area contributed by atoms with Crippen LogP contribution in [0.15, 0.2) is 224 Å². The highest BCUT2D eigenvalue weighted by atomic mass is 35.5. The zero-order valence-electron chi connectivity index (χ0n) is 72.0. The molecule has 3 N–H and O–H groups in total. The lowest BCUT2D eigenvalue weighted by Gasteiger charge is -2.10. The second-order valence-corrected chi connectivity index (χ2v) is 31.4. The quantitative estimate of drug-likeness (QED) is 0.00693. The van der Waals surface area contributed by atoms with Crippen molar-refractivity contribution in [3.8, 4) is 11.3 Å². The van der Waals surface area contributed by atoms with E-state index in [1.165, 1.54) is 95.7 Å². The minimum absolute atomic E-state index is 0.0584. The Morgan fingerprint density at radius 1 is 0.492 bits per heavy atom. The number of hydrogen-bond donors (Lipinski definition) is 3. The summed E-state index contributed by atoms with van der Waals surface area (Å²) in [5.41, 5.74) is 10.5. The van der Waals surface area contributed by atoms with E-state index in [0.717, 1.165) is 78.6 Å². The molecule has 0 unspecified atom stereocenters. The number of aromatic carboxylic acids is 1. The predicted octanol–water partition coefficient (Wildman–Crippen LogP) is 20.4. The van der Waals surface area contributed by atoms with Crippen molar-refractivity contribution in [1.29, 1.82) is 0 Å². The molecule has 678 valence electrons. The normalized spacial score (nSPS) is 11.1. The Morgan fingerprint density at radius 3 is 1.46 bits per heavy atom. The fourth-order valence-corrected chi connectivity index (χ4v) is 15.9. The number of ketones is 2. The van der Waals surface area contributed by atoms with Crippen molar-refractivity contribution < 1.29 is 81.9 Å².